The van der Waals surface area contributed by atoms with E-state index in [-0.39, 0.29) is 0 Å². The molecule has 58 heavy (non-hydrogen) atoms. The minimum Gasteiger partial charge on any atom is -0.456 e. The number of fused-ring (bicyclic) bond motifs is 6. The normalized spacial score (nSPS) is 11.4. The lowest BCUT2D eigenvalue weighted by Gasteiger charge is -2.29. The Morgan fingerprint density at radius 3 is 1.74 bits per heavy atom. The molecule has 0 atom stereocenters. The van der Waals surface area contributed by atoms with E-state index in [9.17, 15) is 0 Å². The Hall–Kier alpha value is -7.68. The first kappa shape index (κ1) is 33.6. The zero-order chi connectivity index (χ0) is 38.4. The molecule has 0 aliphatic rings. The average Bonchev–Trinajstić information content (AvgIpc) is 3.69. The van der Waals surface area contributed by atoms with Crippen LogP contribution >= 0.6 is 0 Å². The van der Waals surface area contributed by atoms with Crippen LogP contribution in [0.5, 0.6) is 0 Å². The second kappa shape index (κ2) is 14.1. The number of nitrogens with zero attached hydrogens (tertiary/aromatic N) is 1. The molecule has 0 unspecified atom stereocenters. The van der Waals surface area contributed by atoms with Crippen molar-refractivity contribution < 1.29 is 4.42 Å². The topological polar surface area (TPSA) is 16.4 Å². The fourth-order valence-electron chi connectivity index (χ4n) is 8.62. The Morgan fingerprint density at radius 1 is 0.293 bits per heavy atom. The van der Waals surface area contributed by atoms with Crippen molar-refractivity contribution in [3.8, 4) is 44.5 Å². The molecule has 11 rings (SSSR count). The van der Waals surface area contributed by atoms with Crippen LogP contribution in [0.2, 0.25) is 0 Å². The molecule has 2 heteroatoms. The molecule has 0 amide bonds. The summed E-state index contributed by atoms with van der Waals surface area (Å²) in [4.78, 5) is 2.41. The lowest BCUT2D eigenvalue weighted by molar-refractivity contribution is 0.669. The second-order valence-electron chi connectivity index (χ2n) is 14.9. The van der Waals surface area contributed by atoms with Crippen LogP contribution in [0.25, 0.3) is 88.0 Å². The summed E-state index contributed by atoms with van der Waals surface area (Å²) in [6.07, 6.45) is 0. The molecule has 0 N–H and O–H groups in total. The Kier molecular flexibility index (Phi) is 8.19. The van der Waals surface area contributed by atoms with E-state index < -0.39 is 0 Å². The van der Waals surface area contributed by atoms with Gasteiger partial charge in [0, 0.05) is 27.7 Å². The van der Waals surface area contributed by atoms with E-state index in [4.69, 9.17) is 4.42 Å². The van der Waals surface area contributed by atoms with Crippen molar-refractivity contribution in [2.24, 2.45) is 0 Å². The first-order valence-corrected chi connectivity index (χ1v) is 19.8. The van der Waals surface area contributed by atoms with Crippen LogP contribution < -0.4 is 4.90 Å². The highest BCUT2D eigenvalue weighted by Crippen LogP contribution is 2.45. The number of benzene rings is 10. The van der Waals surface area contributed by atoms with Crippen molar-refractivity contribution in [2.75, 3.05) is 4.90 Å². The van der Waals surface area contributed by atoms with Crippen LogP contribution in [0.15, 0.2) is 229 Å². The van der Waals surface area contributed by atoms with Gasteiger partial charge in [-0.05, 0) is 115 Å². The van der Waals surface area contributed by atoms with E-state index in [2.05, 4.69) is 217 Å². The Labute approximate surface area is 337 Å². The van der Waals surface area contributed by atoms with E-state index >= 15 is 0 Å². The van der Waals surface area contributed by atoms with Crippen LogP contribution in [-0.2, 0) is 0 Å². The molecular formula is C56H37NO. The summed E-state index contributed by atoms with van der Waals surface area (Å²) in [6, 6.07) is 80.8. The van der Waals surface area contributed by atoms with Crippen molar-refractivity contribution in [3.05, 3.63) is 224 Å². The smallest absolute Gasteiger partial charge is 0.136 e. The summed E-state index contributed by atoms with van der Waals surface area (Å²) in [5.41, 5.74) is 14.5. The molecule has 11 aromatic rings. The summed E-state index contributed by atoms with van der Waals surface area (Å²) < 4.78 is 6.25. The highest BCUT2D eigenvalue weighted by molar-refractivity contribution is 6.19. The van der Waals surface area contributed by atoms with Crippen LogP contribution in [0.4, 0.5) is 17.1 Å². The SMILES string of the molecule is c1ccc(-c2cc(N(c3ccc(-c4ccc5ccc6oc7ccccc7c6c5c4)cc3)c3ccccc3-c3ccccc3)ccc2-c2ccc3ccccc3c2)cc1. The lowest BCUT2D eigenvalue weighted by atomic mass is 9.92. The van der Waals surface area contributed by atoms with E-state index in [0.29, 0.717) is 0 Å². The zero-order valence-corrected chi connectivity index (χ0v) is 31.7. The van der Waals surface area contributed by atoms with Crippen LogP contribution in [0.3, 0.4) is 0 Å². The maximum atomic E-state index is 6.25. The summed E-state index contributed by atoms with van der Waals surface area (Å²) in [5.74, 6) is 0. The molecule has 0 radical (unpaired) electrons. The van der Waals surface area contributed by atoms with Gasteiger partial charge in [0.05, 0.1) is 5.69 Å². The van der Waals surface area contributed by atoms with Crippen molar-refractivity contribution in [1.82, 2.24) is 0 Å². The van der Waals surface area contributed by atoms with E-state index in [0.717, 1.165) is 50.1 Å². The van der Waals surface area contributed by atoms with Gasteiger partial charge in [0.25, 0.3) is 0 Å². The van der Waals surface area contributed by atoms with Gasteiger partial charge in [-0.15, -0.1) is 0 Å². The predicted octanol–water partition coefficient (Wildman–Crippen LogP) is 16.0. The molecule has 0 saturated heterocycles. The lowest BCUT2D eigenvalue weighted by Crippen LogP contribution is -2.11. The molecule has 10 aromatic carbocycles. The van der Waals surface area contributed by atoms with Gasteiger partial charge in [0.2, 0.25) is 0 Å². The summed E-state index contributed by atoms with van der Waals surface area (Å²) >= 11 is 0. The highest BCUT2D eigenvalue weighted by Gasteiger charge is 2.20. The van der Waals surface area contributed by atoms with Crippen molar-refractivity contribution in [3.63, 3.8) is 0 Å². The summed E-state index contributed by atoms with van der Waals surface area (Å²) in [6.45, 7) is 0. The Bertz CT molecular complexity index is 3270. The number of para-hydroxylation sites is 2. The van der Waals surface area contributed by atoms with Gasteiger partial charge >= 0.3 is 0 Å². The number of hydrogen-bond acceptors (Lipinski definition) is 2. The molecule has 0 aliphatic carbocycles. The number of hydrogen-bond donors (Lipinski definition) is 0. The predicted molar refractivity (Wildman–Crippen MR) is 245 cm³/mol. The van der Waals surface area contributed by atoms with E-state index in [1.54, 1.807) is 0 Å². The zero-order valence-electron chi connectivity index (χ0n) is 31.7. The van der Waals surface area contributed by atoms with Gasteiger partial charge in [0.15, 0.2) is 0 Å². The highest BCUT2D eigenvalue weighted by atomic mass is 16.3. The standard InChI is InChI=1S/C56H37NO/c1-3-14-40(15-4-1)49-19-9-11-21-53(49)57(47-32-33-48(51(37-47)41-16-5-2-6-17-41)45-26-23-38-13-7-8-18-43(38)35-45)46-30-27-39(28-31-46)44-25-24-42-29-34-55-56(52(42)36-44)50-20-10-12-22-54(50)58-55/h1-37H. The maximum absolute atomic E-state index is 6.25. The molecule has 0 fully saturated rings. The minimum absolute atomic E-state index is 0.912. The van der Waals surface area contributed by atoms with E-state index in [1.807, 2.05) is 12.1 Å². The van der Waals surface area contributed by atoms with Crippen molar-refractivity contribution in [2.45, 2.75) is 0 Å². The number of anilines is 3. The van der Waals surface area contributed by atoms with Gasteiger partial charge in [-0.3, -0.25) is 0 Å². The molecule has 0 spiro atoms. The van der Waals surface area contributed by atoms with Gasteiger partial charge in [-0.2, -0.15) is 0 Å². The van der Waals surface area contributed by atoms with Gasteiger partial charge < -0.3 is 9.32 Å². The molecule has 0 saturated carbocycles. The Balaban J connectivity index is 1.07. The molecule has 1 heterocycles. The largest absolute Gasteiger partial charge is 0.456 e. The first-order valence-electron chi connectivity index (χ1n) is 19.8. The summed E-state index contributed by atoms with van der Waals surface area (Å²) in [7, 11) is 0. The van der Waals surface area contributed by atoms with Gasteiger partial charge in [-0.25, -0.2) is 0 Å². The third-order valence-corrected chi connectivity index (χ3v) is 11.5. The molecule has 272 valence electrons. The first-order chi connectivity index (χ1) is 28.7. The second-order valence-corrected chi connectivity index (χ2v) is 14.9. The molecule has 0 bridgehead atoms. The maximum Gasteiger partial charge on any atom is 0.136 e. The minimum atomic E-state index is 0.912. The third kappa shape index (κ3) is 5.91. The van der Waals surface area contributed by atoms with Crippen LogP contribution in [-0.4, -0.2) is 0 Å². The monoisotopic (exact) mass is 739 g/mol. The van der Waals surface area contributed by atoms with Crippen LogP contribution in [0, 0.1) is 0 Å². The quantitative estimate of drug-likeness (QED) is 0.162. The third-order valence-electron chi connectivity index (χ3n) is 11.5. The van der Waals surface area contributed by atoms with Crippen molar-refractivity contribution >= 4 is 60.5 Å². The van der Waals surface area contributed by atoms with Gasteiger partial charge in [0.1, 0.15) is 11.2 Å². The van der Waals surface area contributed by atoms with E-state index in [1.165, 1.54) is 54.9 Å². The molecule has 1 aromatic heterocycles. The summed E-state index contributed by atoms with van der Waals surface area (Å²) in [5, 5.41) is 7.17. The fourth-order valence-corrected chi connectivity index (χ4v) is 8.62. The molecule has 2 nitrogen and oxygen atoms in total. The number of furan rings is 1. The van der Waals surface area contributed by atoms with Gasteiger partial charge in [-0.1, -0.05) is 170 Å². The van der Waals surface area contributed by atoms with Crippen molar-refractivity contribution in [1.29, 1.82) is 0 Å². The Morgan fingerprint density at radius 2 is 0.914 bits per heavy atom. The molecule has 0 aliphatic heterocycles. The van der Waals surface area contributed by atoms with Crippen LogP contribution in [0.1, 0.15) is 0 Å². The average molecular weight is 740 g/mol. The number of rotatable bonds is 7. The fraction of sp³-hybridized carbons (Fsp3) is 0. The molecular weight excluding hydrogens is 703 g/mol.